The van der Waals surface area contributed by atoms with Gasteiger partial charge in [0, 0.05) is 19.3 Å². The molecule has 1 saturated heterocycles. The van der Waals surface area contributed by atoms with Crippen LogP contribution in [0, 0.1) is 5.92 Å². The summed E-state index contributed by atoms with van der Waals surface area (Å²) < 4.78 is 22.4. The summed E-state index contributed by atoms with van der Waals surface area (Å²) in [6.45, 7) is 0.729. The van der Waals surface area contributed by atoms with Crippen molar-refractivity contribution in [3.8, 4) is 0 Å². The molecule has 6 nitrogen and oxygen atoms in total. The highest BCUT2D eigenvalue weighted by atomic mass is 32.2. The van der Waals surface area contributed by atoms with Gasteiger partial charge in [0.25, 0.3) is 0 Å². The molecule has 0 bridgehead atoms. The molecule has 0 spiro atoms. The van der Waals surface area contributed by atoms with E-state index < -0.39 is 21.3 Å². The van der Waals surface area contributed by atoms with E-state index in [0.29, 0.717) is 25.9 Å². The second kappa shape index (κ2) is 4.36. The smallest absolute Gasteiger partial charge is 0.407 e. The molecule has 0 aliphatic carbocycles. The summed E-state index contributed by atoms with van der Waals surface area (Å²) in [5.41, 5.74) is 5.59. The average molecular weight is 236 g/mol. The van der Waals surface area contributed by atoms with Gasteiger partial charge in [0.2, 0.25) is 0 Å². The fourth-order valence-electron chi connectivity index (χ4n) is 1.77. The Morgan fingerprint density at radius 2 is 1.93 bits per heavy atom. The Morgan fingerprint density at radius 1 is 1.47 bits per heavy atom. The van der Waals surface area contributed by atoms with Crippen LogP contribution in [0.25, 0.3) is 0 Å². The van der Waals surface area contributed by atoms with Crippen LogP contribution in [-0.2, 0) is 9.84 Å². The van der Waals surface area contributed by atoms with E-state index in [4.69, 9.17) is 10.8 Å². The van der Waals surface area contributed by atoms with Gasteiger partial charge in [-0.05, 0) is 18.8 Å². The molecule has 1 heterocycles. The van der Waals surface area contributed by atoms with E-state index in [1.165, 1.54) is 4.90 Å². The SMILES string of the molecule is CS(=O)(=O)C(N)C1CCN(C(=O)O)CC1. The van der Waals surface area contributed by atoms with Crippen molar-refractivity contribution in [2.24, 2.45) is 11.7 Å². The number of nitrogens with two attached hydrogens (primary N) is 1. The van der Waals surface area contributed by atoms with Crippen molar-refractivity contribution in [3.63, 3.8) is 0 Å². The number of nitrogens with zero attached hydrogens (tertiary/aromatic N) is 1. The minimum Gasteiger partial charge on any atom is -0.465 e. The molecule has 1 fully saturated rings. The van der Waals surface area contributed by atoms with Crippen molar-refractivity contribution < 1.29 is 18.3 Å². The average Bonchev–Trinajstić information content (AvgIpc) is 2.15. The molecule has 7 heteroatoms. The fourth-order valence-corrected chi connectivity index (χ4v) is 2.74. The standard InChI is InChI=1S/C8H16N2O4S/c1-15(13,14)7(9)6-2-4-10(5-3-6)8(11)12/h6-7H,2-5,9H2,1H3,(H,11,12). The molecule has 0 aromatic heterocycles. The number of carboxylic acid groups (broad SMARTS) is 1. The Kier molecular flexibility index (Phi) is 3.56. The monoisotopic (exact) mass is 236 g/mol. The van der Waals surface area contributed by atoms with Gasteiger partial charge in [-0.2, -0.15) is 0 Å². The lowest BCUT2D eigenvalue weighted by Crippen LogP contribution is -2.45. The molecule has 88 valence electrons. The van der Waals surface area contributed by atoms with Gasteiger partial charge in [0.1, 0.15) is 5.37 Å². The molecule has 1 aliphatic rings. The highest BCUT2D eigenvalue weighted by Crippen LogP contribution is 2.21. The first-order valence-electron chi connectivity index (χ1n) is 4.74. The third-order valence-electron chi connectivity index (χ3n) is 2.77. The number of piperidine rings is 1. The summed E-state index contributed by atoms with van der Waals surface area (Å²) in [4.78, 5) is 11.9. The summed E-state index contributed by atoms with van der Waals surface area (Å²) in [5, 5.41) is 7.83. The van der Waals surface area contributed by atoms with E-state index >= 15 is 0 Å². The minimum absolute atomic E-state index is 0.129. The molecule has 1 aliphatic heterocycles. The van der Waals surface area contributed by atoms with Crippen LogP contribution < -0.4 is 5.73 Å². The lowest BCUT2D eigenvalue weighted by atomic mass is 9.97. The lowest BCUT2D eigenvalue weighted by Gasteiger charge is -2.32. The maximum atomic E-state index is 11.2. The summed E-state index contributed by atoms with van der Waals surface area (Å²) in [6.07, 6.45) is 1.18. The topological polar surface area (TPSA) is 101 Å². The first-order valence-corrected chi connectivity index (χ1v) is 6.70. The number of hydrogen-bond donors (Lipinski definition) is 2. The first-order chi connectivity index (χ1) is 6.82. The van der Waals surface area contributed by atoms with Gasteiger partial charge in [0.15, 0.2) is 9.84 Å². The molecule has 0 aromatic carbocycles. The van der Waals surface area contributed by atoms with Crippen molar-refractivity contribution >= 4 is 15.9 Å². The van der Waals surface area contributed by atoms with E-state index in [9.17, 15) is 13.2 Å². The van der Waals surface area contributed by atoms with Crippen molar-refractivity contribution in [2.75, 3.05) is 19.3 Å². The van der Waals surface area contributed by atoms with Crippen LogP contribution in [-0.4, -0.2) is 49.2 Å². The van der Waals surface area contributed by atoms with E-state index in [0.717, 1.165) is 6.26 Å². The number of hydrogen-bond acceptors (Lipinski definition) is 4. The highest BCUT2D eigenvalue weighted by Gasteiger charge is 2.31. The van der Waals surface area contributed by atoms with Crippen LogP contribution in [0.3, 0.4) is 0 Å². The van der Waals surface area contributed by atoms with Gasteiger partial charge in [-0.15, -0.1) is 0 Å². The van der Waals surface area contributed by atoms with Gasteiger partial charge in [-0.1, -0.05) is 0 Å². The number of likely N-dealkylation sites (tertiary alicyclic amines) is 1. The maximum Gasteiger partial charge on any atom is 0.407 e. The molecule has 1 atom stereocenters. The first kappa shape index (κ1) is 12.3. The van der Waals surface area contributed by atoms with Crippen molar-refractivity contribution in [3.05, 3.63) is 0 Å². The third-order valence-corrected chi connectivity index (χ3v) is 4.14. The number of sulfone groups is 1. The van der Waals surface area contributed by atoms with Gasteiger partial charge in [0.05, 0.1) is 0 Å². The molecule has 15 heavy (non-hydrogen) atoms. The largest absolute Gasteiger partial charge is 0.465 e. The van der Waals surface area contributed by atoms with Crippen LogP contribution in [0.5, 0.6) is 0 Å². The fraction of sp³-hybridized carbons (Fsp3) is 0.875. The van der Waals surface area contributed by atoms with Crippen molar-refractivity contribution in [1.29, 1.82) is 0 Å². The molecule has 3 N–H and O–H groups in total. The number of carbonyl (C=O) groups is 1. The molecule has 1 unspecified atom stereocenters. The zero-order valence-corrected chi connectivity index (χ0v) is 9.40. The predicted molar refractivity (Wildman–Crippen MR) is 55.1 cm³/mol. The molecule has 0 aromatic rings. The normalized spacial score (nSPS) is 21.3. The minimum atomic E-state index is -3.23. The van der Waals surface area contributed by atoms with Crippen LogP contribution in [0.2, 0.25) is 0 Å². The zero-order valence-electron chi connectivity index (χ0n) is 8.59. The molecular formula is C8H16N2O4S. The van der Waals surface area contributed by atoms with Gasteiger partial charge in [-0.25, -0.2) is 13.2 Å². The van der Waals surface area contributed by atoms with Gasteiger partial charge in [-0.3, -0.25) is 0 Å². The maximum absolute atomic E-state index is 11.2. The molecule has 0 radical (unpaired) electrons. The van der Waals surface area contributed by atoms with E-state index in [-0.39, 0.29) is 5.92 Å². The highest BCUT2D eigenvalue weighted by molar-refractivity contribution is 7.91. The van der Waals surface area contributed by atoms with Gasteiger partial charge >= 0.3 is 6.09 Å². The van der Waals surface area contributed by atoms with Crippen LogP contribution in [0.15, 0.2) is 0 Å². The van der Waals surface area contributed by atoms with Gasteiger partial charge < -0.3 is 15.7 Å². The Morgan fingerprint density at radius 3 is 2.27 bits per heavy atom. The molecular weight excluding hydrogens is 220 g/mol. The van der Waals surface area contributed by atoms with E-state index in [1.54, 1.807) is 0 Å². The Labute approximate surface area is 89.0 Å². The molecule has 1 rings (SSSR count). The van der Waals surface area contributed by atoms with Crippen LogP contribution in [0.1, 0.15) is 12.8 Å². The summed E-state index contributed by atoms with van der Waals surface area (Å²) in [7, 11) is -3.23. The van der Waals surface area contributed by atoms with E-state index in [2.05, 4.69) is 0 Å². The molecule has 1 amide bonds. The number of amides is 1. The second-order valence-electron chi connectivity index (χ2n) is 3.90. The summed E-state index contributed by atoms with van der Waals surface area (Å²) in [6, 6.07) is 0. The Hall–Kier alpha value is -0.820. The lowest BCUT2D eigenvalue weighted by molar-refractivity contribution is 0.124. The molecule has 0 saturated carbocycles. The Balaban J connectivity index is 2.55. The number of rotatable bonds is 2. The third kappa shape index (κ3) is 3.07. The zero-order chi connectivity index (χ0) is 11.6. The summed E-state index contributed by atoms with van der Waals surface area (Å²) >= 11 is 0. The van der Waals surface area contributed by atoms with Crippen LogP contribution in [0.4, 0.5) is 4.79 Å². The van der Waals surface area contributed by atoms with E-state index in [1.807, 2.05) is 0 Å². The summed E-state index contributed by atoms with van der Waals surface area (Å²) in [5.74, 6) is -0.129. The predicted octanol–water partition coefficient (Wildman–Crippen LogP) is -0.294. The Bertz CT molecular complexity index is 333. The van der Waals surface area contributed by atoms with Crippen molar-refractivity contribution in [1.82, 2.24) is 4.90 Å². The van der Waals surface area contributed by atoms with Crippen LogP contribution >= 0.6 is 0 Å². The van der Waals surface area contributed by atoms with Crippen molar-refractivity contribution in [2.45, 2.75) is 18.2 Å². The quantitative estimate of drug-likeness (QED) is 0.686. The second-order valence-corrected chi connectivity index (χ2v) is 6.10.